The van der Waals surface area contributed by atoms with Gasteiger partial charge in [0, 0.05) is 32.4 Å². The van der Waals surface area contributed by atoms with Crippen LogP contribution in [0, 0.1) is 5.92 Å². The SMILES string of the molecule is CS(=O)(=O)N1CCCC(CC(=O)CCc2ccco2)C1. The van der Waals surface area contributed by atoms with E-state index in [1.165, 1.54) is 10.6 Å². The summed E-state index contributed by atoms with van der Waals surface area (Å²) in [5.74, 6) is 1.16. The molecule has 5 nitrogen and oxygen atoms in total. The van der Waals surface area contributed by atoms with Crippen molar-refractivity contribution < 1.29 is 17.6 Å². The van der Waals surface area contributed by atoms with Gasteiger partial charge in [-0.25, -0.2) is 12.7 Å². The first-order chi connectivity index (χ1) is 9.45. The molecule has 0 saturated carbocycles. The molecule has 1 saturated heterocycles. The van der Waals surface area contributed by atoms with Crippen molar-refractivity contribution in [1.82, 2.24) is 4.31 Å². The second kappa shape index (κ2) is 6.54. The van der Waals surface area contributed by atoms with Crippen LogP contribution in [-0.4, -0.2) is 37.9 Å². The van der Waals surface area contributed by atoms with Gasteiger partial charge in [0.05, 0.1) is 12.5 Å². The summed E-state index contributed by atoms with van der Waals surface area (Å²) in [7, 11) is -3.14. The molecule has 2 rings (SSSR count). The number of Topliss-reactive ketones (excluding diaryl/α,β-unsaturated/α-hetero) is 1. The van der Waals surface area contributed by atoms with E-state index in [0.29, 0.717) is 32.4 Å². The molecular weight excluding hydrogens is 278 g/mol. The molecular formula is C14H21NO4S. The summed E-state index contributed by atoms with van der Waals surface area (Å²) >= 11 is 0. The van der Waals surface area contributed by atoms with Crippen LogP contribution in [0.2, 0.25) is 0 Å². The van der Waals surface area contributed by atoms with Crippen molar-refractivity contribution in [3.05, 3.63) is 24.2 Å². The molecule has 0 amide bonds. The van der Waals surface area contributed by atoms with Gasteiger partial charge in [0.25, 0.3) is 0 Å². The maximum Gasteiger partial charge on any atom is 0.211 e. The maximum absolute atomic E-state index is 12.0. The van der Waals surface area contributed by atoms with Crippen molar-refractivity contribution in [2.75, 3.05) is 19.3 Å². The van der Waals surface area contributed by atoms with Crippen LogP contribution >= 0.6 is 0 Å². The predicted octanol–water partition coefficient (Wildman–Crippen LogP) is 1.84. The van der Waals surface area contributed by atoms with E-state index in [1.807, 2.05) is 12.1 Å². The Morgan fingerprint density at radius 2 is 2.30 bits per heavy atom. The lowest BCUT2D eigenvalue weighted by molar-refractivity contribution is -0.120. The van der Waals surface area contributed by atoms with Gasteiger partial charge in [0.1, 0.15) is 11.5 Å². The van der Waals surface area contributed by atoms with Crippen LogP contribution in [-0.2, 0) is 21.2 Å². The summed E-state index contributed by atoms with van der Waals surface area (Å²) in [6, 6.07) is 3.67. The van der Waals surface area contributed by atoms with Gasteiger partial charge < -0.3 is 4.42 Å². The summed E-state index contributed by atoms with van der Waals surface area (Å²) in [5.41, 5.74) is 0. The lowest BCUT2D eigenvalue weighted by Crippen LogP contribution is -2.39. The summed E-state index contributed by atoms with van der Waals surface area (Å²) in [5, 5.41) is 0. The highest BCUT2D eigenvalue weighted by molar-refractivity contribution is 7.88. The number of piperidine rings is 1. The van der Waals surface area contributed by atoms with E-state index < -0.39 is 10.0 Å². The number of aryl methyl sites for hydroxylation is 1. The Balaban J connectivity index is 1.79. The number of furan rings is 1. The standard InChI is InChI=1S/C14H21NO4S/c1-20(17,18)15-8-2-4-12(11-15)10-13(16)6-7-14-5-3-9-19-14/h3,5,9,12H,2,4,6-8,10-11H2,1H3. The zero-order valence-electron chi connectivity index (χ0n) is 11.7. The Labute approximate surface area is 120 Å². The minimum absolute atomic E-state index is 0.155. The lowest BCUT2D eigenvalue weighted by Gasteiger charge is -2.30. The number of carbonyl (C=O) groups is 1. The highest BCUT2D eigenvalue weighted by Gasteiger charge is 2.27. The summed E-state index contributed by atoms with van der Waals surface area (Å²) in [6.07, 6.45) is 6.14. The molecule has 0 bridgehead atoms. The van der Waals surface area contributed by atoms with Crippen LogP contribution < -0.4 is 0 Å². The van der Waals surface area contributed by atoms with Crippen LogP contribution in [0.15, 0.2) is 22.8 Å². The summed E-state index contributed by atoms with van der Waals surface area (Å²) in [4.78, 5) is 12.0. The van der Waals surface area contributed by atoms with E-state index in [2.05, 4.69) is 0 Å². The second-order valence-electron chi connectivity index (χ2n) is 5.45. The van der Waals surface area contributed by atoms with Gasteiger partial charge in [-0.05, 0) is 30.9 Å². The molecule has 0 aromatic carbocycles. The molecule has 1 aromatic heterocycles. The fourth-order valence-electron chi connectivity index (χ4n) is 2.64. The zero-order valence-corrected chi connectivity index (χ0v) is 12.6. The molecule has 1 aliphatic rings. The van der Waals surface area contributed by atoms with Crippen molar-refractivity contribution in [2.24, 2.45) is 5.92 Å². The van der Waals surface area contributed by atoms with Crippen LogP contribution in [0.5, 0.6) is 0 Å². The van der Waals surface area contributed by atoms with Crippen molar-refractivity contribution >= 4 is 15.8 Å². The molecule has 20 heavy (non-hydrogen) atoms. The Kier molecular flexibility index (Phi) is 4.99. The minimum Gasteiger partial charge on any atom is -0.469 e. The smallest absolute Gasteiger partial charge is 0.211 e. The third-order valence-electron chi connectivity index (χ3n) is 3.70. The number of ketones is 1. The van der Waals surface area contributed by atoms with E-state index in [0.717, 1.165) is 18.6 Å². The number of rotatable bonds is 6. The number of sulfonamides is 1. The van der Waals surface area contributed by atoms with Crippen molar-refractivity contribution in [1.29, 1.82) is 0 Å². The van der Waals surface area contributed by atoms with Crippen LogP contribution in [0.4, 0.5) is 0 Å². The van der Waals surface area contributed by atoms with E-state index in [-0.39, 0.29) is 11.7 Å². The zero-order chi connectivity index (χ0) is 14.6. The monoisotopic (exact) mass is 299 g/mol. The molecule has 1 fully saturated rings. The van der Waals surface area contributed by atoms with E-state index >= 15 is 0 Å². The molecule has 1 unspecified atom stereocenters. The number of nitrogens with zero attached hydrogens (tertiary/aromatic N) is 1. The molecule has 0 radical (unpaired) electrons. The minimum atomic E-state index is -3.14. The molecule has 112 valence electrons. The van der Waals surface area contributed by atoms with Crippen LogP contribution in [0.25, 0.3) is 0 Å². The Morgan fingerprint density at radius 3 is 2.95 bits per heavy atom. The van der Waals surface area contributed by atoms with Gasteiger partial charge in [0.15, 0.2) is 0 Å². The van der Waals surface area contributed by atoms with E-state index in [9.17, 15) is 13.2 Å². The number of hydrogen-bond acceptors (Lipinski definition) is 4. The predicted molar refractivity (Wildman–Crippen MR) is 75.8 cm³/mol. The quantitative estimate of drug-likeness (QED) is 0.804. The molecule has 6 heteroatoms. The number of hydrogen-bond donors (Lipinski definition) is 0. The molecule has 0 spiro atoms. The Bertz CT molecular complexity index is 536. The topological polar surface area (TPSA) is 67.6 Å². The van der Waals surface area contributed by atoms with Gasteiger partial charge >= 0.3 is 0 Å². The fourth-order valence-corrected chi connectivity index (χ4v) is 3.58. The first kappa shape index (κ1) is 15.3. The fraction of sp³-hybridized carbons (Fsp3) is 0.643. The highest BCUT2D eigenvalue weighted by Crippen LogP contribution is 2.22. The van der Waals surface area contributed by atoms with Crippen molar-refractivity contribution in [2.45, 2.75) is 32.1 Å². The maximum atomic E-state index is 12.0. The highest BCUT2D eigenvalue weighted by atomic mass is 32.2. The third kappa shape index (κ3) is 4.45. The number of carbonyl (C=O) groups excluding carboxylic acids is 1. The first-order valence-corrected chi connectivity index (χ1v) is 8.79. The van der Waals surface area contributed by atoms with E-state index in [1.54, 1.807) is 6.26 Å². The summed E-state index contributed by atoms with van der Waals surface area (Å²) in [6.45, 7) is 1.06. The molecule has 1 atom stereocenters. The first-order valence-electron chi connectivity index (χ1n) is 6.94. The molecule has 2 heterocycles. The van der Waals surface area contributed by atoms with Crippen LogP contribution in [0.1, 0.15) is 31.4 Å². The molecule has 0 N–H and O–H groups in total. The second-order valence-corrected chi connectivity index (χ2v) is 7.43. The van der Waals surface area contributed by atoms with Gasteiger partial charge in [-0.15, -0.1) is 0 Å². The van der Waals surface area contributed by atoms with Gasteiger partial charge in [-0.3, -0.25) is 4.79 Å². The Hall–Kier alpha value is -1.14. The normalized spacial score (nSPS) is 20.9. The summed E-state index contributed by atoms with van der Waals surface area (Å²) < 4.78 is 29.7. The van der Waals surface area contributed by atoms with Gasteiger partial charge in [0.2, 0.25) is 10.0 Å². The molecule has 1 aromatic rings. The van der Waals surface area contributed by atoms with Crippen molar-refractivity contribution in [3.8, 4) is 0 Å². The lowest BCUT2D eigenvalue weighted by atomic mass is 9.93. The average Bonchev–Trinajstić information content (AvgIpc) is 2.89. The van der Waals surface area contributed by atoms with E-state index in [4.69, 9.17) is 4.42 Å². The average molecular weight is 299 g/mol. The van der Waals surface area contributed by atoms with Gasteiger partial charge in [-0.2, -0.15) is 0 Å². The third-order valence-corrected chi connectivity index (χ3v) is 4.97. The Morgan fingerprint density at radius 1 is 1.50 bits per heavy atom. The molecule has 0 aliphatic carbocycles. The largest absolute Gasteiger partial charge is 0.469 e. The van der Waals surface area contributed by atoms with Crippen LogP contribution in [0.3, 0.4) is 0 Å². The molecule has 1 aliphatic heterocycles. The van der Waals surface area contributed by atoms with Gasteiger partial charge in [-0.1, -0.05) is 0 Å². The van der Waals surface area contributed by atoms with Crippen molar-refractivity contribution in [3.63, 3.8) is 0 Å².